The Kier molecular flexibility index (Phi) is 6.00. The number of thiazole rings is 1. The fraction of sp³-hybridized carbons (Fsp3) is 0.120. The Hall–Kier alpha value is -3.64. The average molecular weight is 431 g/mol. The van der Waals surface area contributed by atoms with Gasteiger partial charge in [0.05, 0.1) is 30.4 Å². The number of para-hydroxylation sites is 1. The van der Waals surface area contributed by atoms with Gasteiger partial charge in [-0.2, -0.15) is 4.99 Å². The standard InChI is InChI=1S/C25H22N2O3S/c1-27-22(17-13-15-19(29-2)16-14-17)23(18-9-5-4-6-10-18)31-25(27)26-24(28)20-11-7-8-12-21(20)30-3/h4-16H,1-3H3. The van der Waals surface area contributed by atoms with Crippen molar-refractivity contribution in [2.75, 3.05) is 14.2 Å². The van der Waals surface area contributed by atoms with Gasteiger partial charge in [-0.15, -0.1) is 0 Å². The number of nitrogens with zero attached hydrogens (tertiary/aromatic N) is 2. The lowest BCUT2D eigenvalue weighted by Crippen LogP contribution is -2.14. The van der Waals surface area contributed by atoms with Gasteiger partial charge in [-0.05, 0) is 47.5 Å². The van der Waals surface area contributed by atoms with Crippen LogP contribution in [0.4, 0.5) is 0 Å². The molecule has 0 saturated heterocycles. The lowest BCUT2D eigenvalue weighted by atomic mass is 10.1. The molecule has 0 aliphatic carbocycles. The zero-order chi connectivity index (χ0) is 21.8. The minimum atomic E-state index is -0.338. The predicted molar refractivity (Wildman–Crippen MR) is 124 cm³/mol. The SMILES string of the molecule is COc1ccc(-c2c(-c3ccccc3)sc(=NC(=O)c3ccccc3OC)n2C)cc1. The summed E-state index contributed by atoms with van der Waals surface area (Å²) in [4.78, 5) is 19.0. The van der Waals surface area contributed by atoms with Gasteiger partial charge in [-0.1, -0.05) is 53.8 Å². The molecular formula is C25H22N2O3S. The molecule has 0 atom stereocenters. The molecule has 0 saturated carbocycles. The van der Waals surface area contributed by atoms with E-state index in [1.165, 1.54) is 11.3 Å². The zero-order valence-electron chi connectivity index (χ0n) is 17.5. The lowest BCUT2D eigenvalue weighted by molar-refractivity contribution is 0.0995. The van der Waals surface area contributed by atoms with Crippen LogP contribution in [0.15, 0.2) is 83.9 Å². The molecule has 0 N–H and O–H groups in total. The van der Waals surface area contributed by atoms with E-state index in [-0.39, 0.29) is 5.91 Å². The van der Waals surface area contributed by atoms with Gasteiger partial charge in [0.1, 0.15) is 11.5 Å². The van der Waals surface area contributed by atoms with Gasteiger partial charge in [0.25, 0.3) is 5.91 Å². The highest BCUT2D eigenvalue weighted by Crippen LogP contribution is 2.35. The van der Waals surface area contributed by atoms with E-state index in [0.29, 0.717) is 16.1 Å². The highest BCUT2D eigenvalue weighted by atomic mass is 32.1. The molecule has 1 amide bonds. The normalized spacial score (nSPS) is 11.4. The zero-order valence-corrected chi connectivity index (χ0v) is 18.3. The van der Waals surface area contributed by atoms with E-state index >= 15 is 0 Å². The number of methoxy groups -OCH3 is 2. The van der Waals surface area contributed by atoms with E-state index in [1.54, 1.807) is 32.4 Å². The first kappa shape index (κ1) is 20.6. The first-order chi connectivity index (χ1) is 15.1. The highest BCUT2D eigenvalue weighted by molar-refractivity contribution is 7.13. The van der Waals surface area contributed by atoms with E-state index in [1.807, 2.05) is 60.1 Å². The third kappa shape index (κ3) is 4.15. The minimum absolute atomic E-state index is 0.338. The molecule has 6 heteroatoms. The average Bonchev–Trinajstić information content (AvgIpc) is 3.15. The Morgan fingerprint density at radius 2 is 1.52 bits per heavy atom. The van der Waals surface area contributed by atoms with Crippen molar-refractivity contribution in [2.45, 2.75) is 0 Å². The van der Waals surface area contributed by atoms with Crippen molar-refractivity contribution in [3.05, 3.63) is 89.2 Å². The quantitative estimate of drug-likeness (QED) is 0.438. The second-order valence-electron chi connectivity index (χ2n) is 6.83. The Morgan fingerprint density at radius 1 is 0.839 bits per heavy atom. The van der Waals surface area contributed by atoms with Crippen LogP contribution in [-0.2, 0) is 7.05 Å². The van der Waals surface area contributed by atoms with Crippen molar-refractivity contribution >= 4 is 17.2 Å². The van der Waals surface area contributed by atoms with Crippen LogP contribution >= 0.6 is 11.3 Å². The number of benzene rings is 3. The maximum atomic E-state index is 13.0. The third-order valence-corrected chi connectivity index (χ3v) is 6.15. The van der Waals surface area contributed by atoms with Gasteiger partial charge in [0.2, 0.25) is 0 Å². The van der Waals surface area contributed by atoms with Crippen LogP contribution in [0.1, 0.15) is 10.4 Å². The van der Waals surface area contributed by atoms with E-state index in [4.69, 9.17) is 9.47 Å². The van der Waals surface area contributed by atoms with Crippen LogP contribution in [-0.4, -0.2) is 24.7 Å². The molecule has 31 heavy (non-hydrogen) atoms. The Morgan fingerprint density at radius 3 is 2.19 bits per heavy atom. The van der Waals surface area contributed by atoms with Crippen LogP contribution in [0.3, 0.4) is 0 Å². The van der Waals surface area contributed by atoms with E-state index in [9.17, 15) is 4.79 Å². The molecule has 0 spiro atoms. The number of amides is 1. The summed E-state index contributed by atoms with van der Waals surface area (Å²) in [5.41, 5.74) is 3.51. The third-order valence-electron chi connectivity index (χ3n) is 4.96. The van der Waals surface area contributed by atoms with Gasteiger partial charge in [-0.25, -0.2) is 0 Å². The molecule has 5 nitrogen and oxygen atoms in total. The van der Waals surface area contributed by atoms with Gasteiger partial charge in [0.15, 0.2) is 4.80 Å². The molecule has 0 aliphatic rings. The van der Waals surface area contributed by atoms with Crippen LogP contribution in [0.5, 0.6) is 11.5 Å². The van der Waals surface area contributed by atoms with Crippen molar-refractivity contribution in [3.8, 4) is 33.2 Å². The number of carbonyl (C=O) groups excluding carboxylic acids is 1. The molecule has 0 aliphatic heterocycles. The molecule has 1 aromatic heterocycles. The number of hydrogen-bond acceptors (Lipinski definition) is 4. The molecule has 4 aromatic rings. The fourth-order valence-electron chi connectivity index (χ4n) is 3.38. The van der Waals surface area contributed by atoms with Gasteiger partial charge >= 0.3 is 0 Å². The van der Waals surface area contributed by atoms with Crippen molar-refractivity contribution < 1.29 is 14.3 Å². The molecule has 0 bridgehead atoms. The van der Waals surface area contributed by atoms with Gasteiger partial charge < -0.3 is 14.0 Å². The van der Waals surface area contributed by atoms with Crippen LogP contribution in [0.2, 0.25) is 0 Å². The first-order valence-electron chi connectivity index (χ1n) is 9.74. The molecule has 0 fully saturated rings. The second-order valence-corrected chi connectivity index (χ2v) is 7.81. The van der Waals surface area contributed by atoms with Crippen molar-refractivity contribution in [2.24, 2.45) is 12.0 Å². The summed E-state index contributed by atoms with van der Waals surface area (Å²) >= 11 is 1.48. The van der Waals surface area contributed by atoms with Gasteiger partial charge in [0, 0.05) is 7.05 Å². The summed E-state index contributed by atoms with van der Waals surface area (Å²) in [7, 11) is 5.12. The summed E-state index contributed by atoms with van der Waals surface area (Å²) in [5.74, 6) is 0.962. The molecule has 4 rings (SSSR count). The minimum Gasteiger partial charge on any atom is -0.497 e. The number of hydrogen-bond donors (Lipinski definition) is 0. The van der Waals surface area contributed by atoms with E-state index in [2.05, 4.69) is 17.1 Å². The smallest absolute Gasteiger partial charge is 0.283 e. The summed E-state index contributed by atoms with van der Waals surface area (Å²) in [6, 6.07) is 25.1. The van der Waals surface area contributed by atoms with Crippen LogP contribution in [0.25, 0.3) is 21.7 Å². The second kappa shape index (κ2) is 9.02. The summed E-state index contributed by atoms with van der Waals surface area (Å²) in [5, 5.41) is 0. The van der Waals surface area contributed by atoms with Crippen molar-refractivity contribution in [1.82, 2.24) is 4.57 Å². The fourth-order valence-corrected chi connectivity index (χ4v) is 4.53. The van der Waals surface area contributed by atoms with Crippen LogP contribution < -0.4 is 14.3 Å². The van der Waals surface area contributed by atoms with Crippen molar-refractivity contribution in [1.29, 1.82) is 0 Å². The number of aromatic nitrogens is 1. The summed E-state index contributed by atoms with van der Waals surface area (Å²) in [6.45, 7) is 0. The van der Waals surface area contributed by atoms with E-state index in [0.717, 1.165) is 27.4 Å². The molecule has 0 radical (unpaired) electrons. The molecule has 0 unspecified atom stereocenters. The van der Waals surface area contributed by atoms with Crippen LogP contribution in [0, 0.1) is 0 Å². The van der Waals surface area contributed by atoms with Crippen molar-refractivity contribution in [3.63, 3.8) is 0 Å². The predicted octanol–water partition coefficient (Wildman–Crippen LogP) is 5.18. The summed E-state index contributed by atoms with van der Waals surface area (Å²) < 4.78 is 12.6. The number of ether oxygens (including phenoxy) is 2. The Labute approximate surface area is 184 Å². The molecular weight excluding hydrogens is 408 g/mol. The maximum absolute atomic E-state index is 13.0. The highest BCUT2D eigenvalue weighted by Gasteiger charge is 2.17. The molecule has 156 valence electrons. The number of rotatable bonds is 5. The Bertz CT molecular complexity index is 1270. The van der Waals surface area contributed by atoms with E-state index < -0.39 is 0 Å². The topological polar surface area (TPSA) is 52.8 Å². The summed E-state index contributed by atoms with van der Waals surface area (Å²) in [6.07, 6.45) is 0. The maximum Gasteiger partial charge on any atom is 0.283 e. The number of carbonyl (C=O) groups is 1. The molecule has 1 heterocycles. The monoisotopic (exact) mass is 430 g/mol. The van der Waals surface area contributed by atoms with Gasteiger partial charge in [-0.3, -0.25) is 4.79 Å². The Balaban J connectivity index is 1.89. The first-order valence-corrected chi connectivity index (χ1v) is 10.6. The lowest BCUT2D eigenvalue weighted by Gasteiger charge is -2.08. The molecule has 3 aromatic carbocycles. The largest absolute Gasteiger partial charge is 0.497 e.